The summed E-state index contributed by atoms with van der Waals surface area (Å²) in [6.07, 6.45) is 1.76. The van der Waals surface area contributed by atoms with Crippen LogP contribution in [-0.2, 0) is 16.6 Å². The zero-order chi connectivity index (χ0) is 14.8. The van der Waals surface area contributed by atoms with E-state index in [2.05, 4.69) is 4.98 Å². The van der Waals surface area contributed by atoms with Gasteiger partial charge >= 0.3 is 0 Å². The van der Waals surface area contributed by atoms with Crippen LogP contribution in [0.2, 0.25) is 0 Å². The molecule has 0 saturated heterocycles. The molecule has 4 heteroatoms. The Kier molecular flexibility index (Phi) is 3.71. The van der Waals surface area contributed by atoms with Gasteiger partial charge in [0.1, 0.15) is 0 Å². The Morgan fingerprint density at radius 3 is 2.76 bits per heavy atom. The standard InChI is InChI=1S/C17H16N2OS/c1-12-15(18)6-4-8-17(12)21(20)11-13-9-10-19-16-7-3-2-5-14(13)16/h2-10H,11,18H2,1H3. The van der Waals surface area contributed by atoms with Crippen LogP contribution < -0.4 is 5.73 Å². The third-order valence-corrected chi connectivity index (χ3v) is 5.10. The highest BCUT2D eigenvalue weighted by molar-refractivity contribution is 7.84. The lowest BCUT2D eigenvalue weighted by molar-refractivity contribution is 0.682. The molecule has 21 heavy (non-hydrogen) atoms. The number of nitrogen functional groups attached to an aromatic ring is 1. The van der Waals surface area contributed by atoms with Gasteiger partial charge in [-0.05, 0) is 42.3 Å². The quantitative estimate of drug-likeness (QED) is 0.753. The topological polar surface area (TPSA) is 56.0 Å². The number of fused-ring (bicyclic) bond motifs is 1. The molecule has 0 spiro atoms. The molecule has 0 bridgehead atoms. The Morgan fingerprint density at radius 2 is 1.90 bits per heavy atom. The summed E-state index contributed by atoms with van der Waals surface area (Å²) in [4.78, 5) is 5.14. The number of nitrogens with two attached hydrogens (primary N) is 1. The molecule has 2 N–H and O–H groups in total. The number of hydrogen-bond acceptors (Lipinski definition) is 3. The average molecular weight is 296 g/mol. The summed E-state index contributed by atoms with van der Waals surface area (Å²) in [7, 11) is -1.12. The Hall–Kier alpha value is -2.20. The summed E-state index contributed by atoms with van der Waals surface area (Å²) in [5.74, 6) is 0.466. The van der Waals surface area contributed by atoms with Crippen LogP contribution in [0, 0.1) is 6.92 Å². The molecule has 0 aliphatic carbocycles. The Bertz CT molecular complexity index is 825. The summed E-state index contributed by atoms with van der Waals surface area (Å²) in [5, 5.41) is 1.05. The minimum atomic E-state index is -1.12. The molecule has 0 aliphatic heterocycles. The van der Waals surface area contributed by atoms with Gasteiger partial charge in [-0.1, -0.05) is 24.3 Å². The largest absolute Gasteiger partial charge is 0.398 e. The van der Waals surface area contributed by atoms with Gasteiger partial charge in [-0.15, -0.1) is 0 Å². The fraction of sp³-hybridized carbons (Fsp3) is 0.118. The Morgan fingerprint density at radius 1 is 1.10 bits per heavy atom. The van der Waals surface area contributed by atoms with Gasteiger partial charge in [0.25, 0.3) is 0 Å². The van der Waals surface area contributed by atoms with E-state index in [1.165, 1.54) is 0 Å². The molecule has 1 unspecified atom stereocenters. The molecule has 0 fully saturated rings. The van der Waals surface area contributed by atoms with E-state index in [1.54, 1.807) is 6.20 Å². The van der Waals surface area contributed by atoms with Crippen LogP contribution in [0.25, 0.3) is 10.9 Å². The molecule has 0 radical (unpaired) electrons. The molecule has 3 nitrogen and oxygen atoms in total. The minimum absolute atomic E-state index is 0.466. The number of aromatic nitrogens is 1. The lowest BCUT2D eigenvalue weighted by Crippen LogP contribution is -2.02. The number of anilines is 1. The van der Waals surface area contributed by atoms with Crippen molar-refractivity contribution in [2.75, 3.05) is 5.73 Å². The maximum atomic E-state index is 12.7. The van der Waals surface area contributed by atoms with E-state index < -0.39 is 10.8 Å². The molecule has 0 amide bonds. The van der Waals surface area contributed by atoms with E-state index in [-0.39, 0.29) is 0 Å². The van der Waals surface area contributed by atoms with Gasteiger partial charge in [0.05, 0.1) is 22.1 Å². The number of rotatable bonds is 3. The second kappa shape index (κ2) is 5.66. The smallest absolute Gasteiger partial charge is 0.0705 e. The second-order valence-corrected chi connectivity index (χ2v) is 6.37. The number of para-hydroxylation sites is 1. The van der Waals surface area contributed by atoms with E-state index >= 15 is 0 Å². The van der Waals surface area contributed by atoms with Crippen LogP contribution in [-0.4, -0.2) is 9.19 Å². The molecular formula is C17H16N2OS. The molecule has 3 rings (SSSR count). The highest BCUT2D eigenvalue weighted by Crippen LogP contribution is 2.24. The van der Waals surface area contributed by atoms with Crippen LogP contribution in [0.5, 0.6) is 0 Å². The van der Waals surface area contributed by atoms with Crippen molar-refractivity contribution in [3.8, 4) is 0 Å². The van der Waals surface area contributed by atoms with Crippen LogP contribution >= 0.6 is 0 Å². The summed E-state index contributed by atoms with van der Waals surface area (Å²) in [5.41, 5.74) is 9.45. The van der Waals surface area contributed by atoms with Crippen molar-refractivity contribution in [3.63, 3.8) is 0 Å². The number of benzene rings is 2. The van der Waals surface area contributed by atoms with Crippen molar-refractivity contribution in [3.05, 3.63) is 65.9 Å². The molecule has 0 saturated carbocycles. The predicted octanol–water partition coefficient (Wildman–Crippen LogP) is 3.43. The average Bonchev–Trinajstić information content (AvgIpc) is 2.50. The van der Waals surface area contributed by atoms with E-state index in [1.807, 2.05) is 55.5 Å². The van der Waals surface area contributed by atoms with Gasteiger partial charge in [-0.25, -0.2) is 0 Å². The number of pyridine rings is 1. The first-order chi connectivity index (χ1) is 10.2. The van der Waals surface area contributed by atoms with E-state index in [0.717, 1.165) is 26.9 Å². The van der Waals surface area contributed by atoms with Gasteiger partial charge in [0.2, 0.25) is 0 Å². The molecule has 106 valence electrons. The maximum Gasteiger partial charge on any atom is 0.0705 e. The lowest BCUT2D eigenvalue weighted by Gasteiger charge is -2.09. The molecule has 1 aromatic heterocycles. The molecule has 1 atom stereocenters. The predicted molar refractivity (Wildman–Crippen MR) is 87.4 cm³/mol. The van der Waals surface area contributed by atoms with Gasteiger partial charge in [0.15, 0.2) is 0 Å². The van der Waals surface area contributed by atoms with Crippen molar-refractivity contribution >= 4 is 27.4 Å². The summed E-state index contributed by atoms with van der Waals surface area (Å²) in [6.45, 7) is 1.91. The lowest BCUT2D eigenvalue weighted by atomic mass is 10.1. The third kappa shape index (κ3) is 2.67. The van der Waals surface area contributed by atoms with Crippen molar-refractivity contribution in [2.45, 2.75) is 17.6 Å². The van der Waals surface area contributed by atoms with Gasteiger partial charge in [0, 0.05) is 22.2 Å². The molecule has 2 aromatic carbocycles. The summed E-state index contributed by atoms with van der Waals surface area (Å²) in [6, 6.07) is 15.4. The van der Waals surface area contributed by atoms with Gasteiger partial charge in [-0.3, -0.25) is 9.19 Å². The zero-order valence-electron chi connectivity index (χ0n) is 11.7. The maximum absolute atomic E-state index is 12.7. The highest BCUT2D eigenvalue weighted by atomic mass is 32.2. The number of nitrogens with zero attached hydrogens (tertiary/aromatic N) is 1. The summed E-state index contributed by atoms with van der Waals surface area (Å²) >= 11 is 0. The van der Waals surface area contributed by atoms with Crippen LogP contribution in [0.15, 0.2) is 59.6 Å². The molecule has 0 aliphatic rings. The van der Waals surface area contributed by atoms with Crippen LogP contribution in [0.4, 0.5) is 5.69 Å². The Balaban J connectivity index is 1.99. The minimum Gasteiger partial charge on any atom is -0.398 e. The van der Waals surface area contributed by atoms with Crippen molar-refractivity contribution in [2.24, 2.45) is 0 Å². The fourth-order valence-electron chi connectivity index (χ4n) is 2.38. The van der Waals surface area contributed by atoms with E-state index in [9.17, 15) is 4.21 Å². The fourth-order valence-corrected chi connectivity index (χ4v) is 3.76. The van der Waals surface area contributed by atoms with Gasteiger partial charge in [-0.2, -0.15) is 0 Å². The number of hydrogen-bond donors (Lipinski definition) is 1. The van der Waals surface area contributed by atoms with Crippen LogP contribution in [0.1, 0.15) is 11.1 Å². The monoisotopic (exact) mass is 296 g/mol. The zero-order valence-corrected chi connectivity index (χ0v) is 12.6. The van der Waals surface area contributed by atoms with E-state index in [0.29, 0.717) is 11.4 Å². The normalized spacial score (nSPS) is 12.4. The first-order valence-electron chi connectivity index (χ1n) is 6.73. The van der Waals surface area contributed by atoms with Crippen LogP contribution in [0.3, 0.4) is 0 Å². The van der Waals surface area contributed by atoms with E-state index in [4.69, 9.17) is 5.73 Å². The van der Waals surface area contributed by atoms with Gasteiger partial charge < -0.3 is 5.73 Å². The SMILES string of the molecule is Cc1c(N)cccc1S(=O)Cc1ccnc2ccccc12. The summed E-state index contributed by atoms with van der Waals surface area (Å²) < 4.78 is 12.7. The Labute approximate surface area is 126 Å². The van der Waals surface area contributed by atoms with Crippen molar-refractivity contribution < 1.29 is 4.21 Å². The van der Waals surface area contributed by atoms with Crippen molar-refractivity contribution in [1.82, 2.24) is 4.98 Å². The molecule has 1 heterocycles. The first-order valence-corrected chi connectivity index (χ1v) is 8.05. The molecular weight excluding hydrogens is 280 g/mol. The molecule has 3 aromatic rings. The third-order valence-electron chi connectivity index (χ3n) is 3.60. The van der Waals surface area contributed by atoms with Crippen molar-refractivity contribution in [1.29, 1.82) is 0 Å². The highest BCUT2D eigenvalue weighted by Gasteiger charge is 2.11. The first kappa shape index (κ1) is 13.8. The second-order valence-electron chi connectivity index (χ2n) is 4.95.